The average Bonchev–Trinajstić information content (AvgIpc) is 2.58. The van der Waals surface area contributed by atoms with Gasteiger partial charge in [0.1, 0.15) is 0 Å². The number of esters is 1. The number of hydrogen-bond donors (Lipinski definition) is 2. The van der Waals surface area contributed by atoms with Crippen LogP contribution in [-0.4, -0.2) is 24.2 Å². The Bertz CT molecular complexity index is 862. The molecule has 1 aromatic carbocycles. The van der Waals surface area contributed by atoms with E-state index in [-0.39, 0.29) is 11.1 Å². The minimum atomic E-state index is -1.18. The van der Waals surface area contributed by atoms with Crippen LogP contribution in [0.25, 0.3) is 0 Å². The molecule has 0 amide bonds. The van der Waals surface area contributed by atoms with E-state index < -0.39 is 17.9 Å². The summed E-state index contributed by atoms with van der Waals surface area (Å²) < 4.78 is 4.84. The number of ether oxygens (including phenoxy) is 1. The predicted octanol–water partition coefficient (Wildman–Crippen LogP) is 2.89. The molecule has 7 heteroatoms. The minimum absolute atomic E-state index is 0.0115. The zero-order valence-corrected chi connectivity index (χ0v) is 14.3. The molecule has 0 saturated carbocycles. The fraction of sp³-hybridized carbons (Fsp3) is 0.167. The molecule has 0 radical (unpaired) electrons. The quantitative estimate of drug-likeness (QED) is 0.634. The van der Waals surface area contributed by atoms with Gasteiger partial charge in [-0.15, -0.1) is 0 Å². The summed E-state index contributed by atoms with van der Waals surface area (Å²) in [4.78, 5) is 24.3. The number of benzene rings is 1. The summed E-state index contributed by atoms with van der Waals surface area (Å²) in [5.74, 6) is -2.82. The average molecular weight is 359 g/mol. The van der Waals surface area contributed by atoms with Gasteiger partial charge in [0.25, 0.3) is 0 Å². The first-order valence-corrected chi connectivity index (χ1v) is 7.64. The lowest BCUT2D eigenvalue weighted by molar-refractivity contribution is -0.136. The van der Waals surface area contributed by atoms with Crippen LogP contribution in [0.4, 0.5) is 0 Å². The van der Waals surface area contributed by atoms with Crippen molar-refractivity contribution in [3.63, 3.8) is 0 Å². The molecule has 1 aliphatic rings. The fourth-order valence-electron chi connectivity index (χ4n) is 2.75. The molecular weight excluding hydrogens is 344 g/mol. The first-order valence-electron chi connectivity index (χ1n) is 7.26. The Labute approximate surface area is 149 Å². The van der Waals surface area contributed by atoms with Crippen molar-refractivity contribution in [3.05, 3.63) is 69.5 Å². The van der Waals surface area contributed by atoms with Gasteiger partial charge in [0, 0.05) is 16.8 Å². The number of nitrogens with zero attached hydrogens (tertiary/aromatic N) is 1. The number of hydrogen-bond acceptors (Lipinski definition) is 5. The van der Waals surface area contributed by atoms with Gasteiger partial charge < -0.3 is 15.2 Å². The number of methoxy groups -OCH3 is 1. The molecule has 1 atom stereocenters. The van der Waals surface area contributed by atoms with Gasteiger partial charge in [0.05, 0.1) is 35.9 Å². The van der Waals surface area contributed by atoms with E-state index >= 15 is 0 Å². The van der Waals surface area contributed by atoms with Gasteiger partial charge in [0.2, 0.25) is 0 Å². The van der Waals surface area contributed by atoms with E-state index in [0.717, 1.165) is 0 Å². The van der Waals surface area contributed by atoms with Crippen LogP contribution in [0, 0.1) is 11.3 Å². The lowest BCUT2D eigenvalue weighted by Gasteiger charge is -2.30. The van der Waals surface area contributed by atoms with Gasteiger partial charge in [-0.1, -0.05) is 29.8 Å². The Morgan fingerprint density at radius 2 is 2.04 bits per heavy atom. The van der Waals surface area contributed by atoms with Crippen LogP contribution < -0.4 is 5.32 Å². The second-order valence-electron chi connectivity index (χ2n) is 5.20. The Hall–Kier alpha value is -3.04. The second kappa shape index (κ2) is 7.69. The van der Waals surface area contributed by atoms with Crippen LogP contribution in [-0.2, 0) is 14.3 Å². The fourth-order valence-corrected chi connectivity index (χ4v) is 2.99. The highest BCUT2D eigenvalue weighted by Crippen LogP contribution is 2.41. The van der Waals surface area contributed by atoms with E-state index in [1.165, 1.54) is 19.3 Å². The summed E-state index contributed by atoms with van der Waals surface area (Å²) in [6.45, 7) is 1.58. The molecule has 25 heavy (non-hydrogen) atoms. The third kappa shape index (κ3) is 3.57. The molecule has 1 aliphatic heterocycles. The van der Waals surface area contributed by atoms with Crippen LogP contribution in [0.2, 0.25) is 5.02 Å². The number of rotatable bonds is 4. The number of carboxylic acids is 1. The molecule has 1 heterocycles. The zero-order valence-electron chi connectivity index (χ0n) is 13.5. The van der Waals surface area contributed by atoms with Crippen molar-refractivity contribution in [1.29, 1.82) is 5.26 Å². The maximum absolute atomic E-state index is 12.4. The molecule has 2 N–H and O–H groups in total. The molecule has 0 aromatic heterocycles. The number of nitriles is 1. The van der Waals surface area contributed by atoms with Gasteiger partial charge in [-0.25, -0.2) is 9.59 Å². The molecule has 0 saturated heterocycles. The van der Waals surface area contributed by atoms with Gasteiger partial charge in [-0.05, 0) is 24.6 Å². The van der Waals surface area contributed by atoms with Crippen molar-refractivity contribution < 1.29 is 19.4 Å². The molecule has 6 nitrogen and oxygen atoms in total. The highest BCUT2D eigenvalue weighted by atomic mass is 35.5. The largest absolute Gasteiger partial charge is 0.478 e. The lowest BCUT2D eigenvalue weighted by Crippen LogP contribution is -2.32. The molecule has 0 spiro atoms. The molecule has 2 rings (SSSR count). The summed E-state index contributed by atoms with van der Waals surface area (Å²) in [7, 11) is 1.20. The van der Waals surface area contributed by atoms with Gasteiger partial charge in [0.15, 0.2) is 0 Å². The maximum atomic E-state index is 12.4. The van der Waals surface area contributed by atoms with Gasteiger partial charge in [-0.2, -0.15) is 5.26 Å². The molecule has 0 aliphatic carbocycles. The van der Waals surface area contributed by atoms with E-state index in [1.807, 2.05) is 6.07 Å². The van der Waals surface area contributed by atoms with Crippen molar-refractivity contribution in [1.82, 2.24) is 5.32 Å². The van der Waals surface area contributed by atoms with E-state index in [2.05, 4.69) is 5.32 Å². The van der Waals surface area contributed by atoms with Crippen molar-refractivity contribution in [2.45, 2.75) is 12.8 Å². The SMILES string of the molecule is COC(=O)C1=C(C=CC#N)NC(C)=C(C(=O)O)C1c1ccccc1Cl. The van der Waals surface area contributed by atoms with Crippen LogP contribution in [0.15, 0.2) is 59.0 Å². The summed E-state index contributed by atoms with van der Waals surface area (Å²) in [6, 6.07) is 8.53. The monoisotopic (exact) mass is 358 g/mol. The molecular formula is C18H15ClN2O4. The zero-order chi connectivity index (χ0) is 18.6. The van der Waals surface area contributed by atoms with Crippen molar-refractivity contribution in [2.24, 2.45) is 0 Å². The van der Waals surface area contributed by atoms with Crippen molar-refractivity contribution in [2.75, 3.05) is 7.11 Å². The number of carboxylic acid groups (broad SMARTS) is 1. The standard InChI is InChI=1S/C18H15ClN2O4/c1-10-14(17(22)23)15(11-6-3-4-7-12(11)19)16(18(24)25-2)13(21-10)8-5-9-20/h3-8,15,21H,1-2H3,(H,22,23). The highest BCUT2D eigenvalue weighted by Gasteiger charge is 2.38. The summed E-state index contributed by atoms with van der Waals surface area (Å²) in [5, 5.41) is 21.7. The topological polar surface area (TPSA) is 99.4 Å². The molecule has 0 bridgehead atoms. The number of carbonyl (C=O) groups excluding carboxylic acids is 1. The number of nitrogens with one attached hydrogen (secondary N) is 1. The van der Waals surface area contributed by atoms with E-state index in [9.17, 15) is 14.7 Å². The van der Waals surface area contributed by atoms with Crippen LogP contribution >= 0.6 is 11.6 Å². The minimum Gasteiger partial charge on any atom is -0.478 e. The lowest BCUT2D eigenvalue weighted by atomic mass is 9.80. The third-order valence-electron chi connectivity index (χ3n) is 3.77. The second-order valence-corrected chi connectivity index (χ2v) is 5.61. The Balaban J connectivity index is 2.81. The first-order chi connectivity index (χ1) is 11.9. The maximum Gasteiger partial charge on any atom is 0.336 e. The van der Waals surface area contributed by atoms with Crippen molar-refractivity contribution in [3.8, 4) is 6.07 Å². The summed E-state index contributed by atoms with van der Waals surface area (Å²) >= 11 is 6.26. The number of allylic oxidation sites excluding steroid dienone is 3. The Morgan fingerprint density at radius 3 is 2.60 bits per heavy atom. The van der Waals surface area contributed by atoms with E-state index in [4.69, 9.17) is 21.6 Å². The Kier molecular flexibility index (Phi) is 5.63. The predicted molar refractivity (Wildman–Crippen MR) is 91.5 cm³/mol. The molecule has 1 unspecified atom stereocenters. The highest BCUT2D eigenvalue weighted by molar-refractivity contribution is 6.31. The van der Waals surface area contributed by atoms with E-state index in [1.54, 1.807) is 31.2 Å². The smallest absolute Gasteiger partial charge is 0.336 e. The molecule has 128 valence electrons. The van der Waals surface area contributed by atoms with Gasteiger partial charge >= 0.3 is 11.9 Å². The van der Waals surface area contributed by atoms with E-state index in [0.29, 0.717) is 22.0 Å². The molecule has 1 aromatic rings. The number of aliphatic carboxylic acids is 1. The van der Waals surface area contributed by atoms with Crippen LogP contribution in [0.1, 0.15) is 18.4 Å². The Morgan fingerprint density at radius 1 is 1.36 bits per heavy atom. The van der Waals surface area contributed by atoms with Gasteiger partial charge in [-0.3, -0.25) is 0 Å². The summed E-state index contributed by atoms with van der Waals surface area (Å²) in [5.41, 5.74) is 1.17. The number of halogens is 1. The summed E-state index contributed by atoms with van der Waals surface area (Å²) in [6.07, 6.45) is 2.59. The first kappa shape index (κ1) is 18.3. The number of carbonyl (C=O) groups is 2. The van der Waals surface area contributed by atoms with Crippen LogP contribution in [0.3, 0.4) is 0 Å². The van der Waals surface area contributed by atoms with Crippen LogP contribution in [0.5, 0.6) is 0 Å². The normalized spacial score (nSPS) is 17.3. The third-order valence-corrected chi connectivity index (χ3v) is 4.11. The van der Waals surface area contributed by atoms with Crippen molar-refractivity contribution >= 4 is 23.5 Å². The number of dihydropyridines is 1. The molecule has 0 fully saturated rings.